The number of rotatable bonds is 4. The quantitative estimate of drug-likeness (QED) is 0.898. The lowest BCUT2D eigenvalue weighted by atomic mass is 10.1. The minimum Gasteiger partial charge on any atom is -0.496 e. The monoisotopic (exact) mass is 299 g/mol. The van der Waals surface area contributed by atoms with E-state index in [1.807, 2.05) is 31.2 Å². The van der Waals surface area contributed by atoms with E-state index in [1.54, 1.807) is 13.2 Å². The molecule has 0 spiro atoms. The predicted molar refractivity (Wildman–Crippen MR) is 84.9 cm³/mol. The molecule has 1 aromatic heterocycles. The van der Waals surface area contributed by atoms with Gasteiger partial charge in [0.1, 0.15) is 17.1 Å². The Morgan fingerprint density at radius 2 is 2.14 bits per heavy atom. The number of amides is 1. The average molecular weight is 299 g/mol. The van der Waals surface area contributed by atoms with Gasteiger partial charge in [-0.15, -0.1) is 0 Å². The molecule has 0 saturated heterocycles. The summed E-state index contributed by atoms with van der Waals surface area (Å²) < 4.78 is 5.20. The molecular formula is C16H17N3O3. The number of hydrogen-bond donors (Lipinski definition) is 2. The third-order valence-corrected chi connectivity index (χ3v) is 3.14. The zero-order valence-corrected chi connectivity index (χ0v) is 12.6. The van der Waals surface area contributed by atoms with E-state index in [4.69, 9.17) is 4.74 Å². The van der Waals surface area contributed by atoms with E-state index < -0.39 is 11.5 Å². The molecule has 6 heteroatoms. The Morgan fingerprint density at radius 3 is 2.73 bits per heavy atom. The predicted octanol–water partition coefficient (Wildman–Crippen LogP) is 1.62. The van der Waals surface area contributed by atoms with Gasteiger partial charge in [-0.3, -0.25) is 9.59 Å². The molecule has 22 heavy (non-hydrogen) atoms. The molecule has 0 radical (unpaired) electrons. The molecule has 2 rings (SSSR count). The highest BCUT2D eigenvalue weighted by Crippen LogP contribution is 2.19. The molecule has 0 unspecified atom stereocenters. The maximum atomic E-state index is 11.8. The van der Waals surface area contributed by atoms with Crippen molar-refractivity contribution in [3.63, 3.8) is 0 Å². The number of nitrogens with one attached hydrogen (secondary N) is 2. The van der Waals surface area contributed by atoms with Gasteiger partial charge >= 0.3 is 0 Å². The molecule has 2 aromatic rings. The number of nitrogens with zero attached hydrogens (tertiary/aromatic N) is 1. The van der Waals surface area contributed by atoms with Crippen LogP contribution < -0.4 is 15.6 Å². The Morgan fingerprint density at radius 1 is 1.36 bits per heavy atom. The van der Waals surface area contributed by atoms with Crippen LogP contribution in [0.1, 0.15) is 27.3 Å². The van der Waals surface area contributed by atoms with Gasteiger partial charge in [-0.25, -0.2) is 4.98 Å². The van der Waals surface area contributed by atoms with Crippen molar-refractivity contribution < 1.29 is 9.53 Å². The van der Waals surface area contributed by atoms with Gasteiger partial charge in [0.2, 0.25) is 0 Å². The SMILES string of the molecule is CNC(=O)c1cnc(/C=C\c2ccc(OC)c(C)c2)[nH]c1=O. The lowest BCUT2D eigenvalue weighted by molar-refractivity contribution is 0.0961. The molecular weight excluding hydrogens is 282 g/mol. The molecule has 114 valence electrons. The third-order valence-electron chi connectivity index (χ3n) is 3.14. The van der Waals surface area contributed by atoms with Gasteiger partial charge in [-0.1, -0.05) is 12.1 Å². The van der Waals surface area contributed by atoms with Crippen molar-refractivity contribution in [3.05, 3.63) is 57.3 Å². The molecule has 1 amide bonds. The fourth-order valence-corrected chi connectivity index (χ4v) is 1.97. The van der Waals surface area contributed by atoms with Crippen molar-refractivity contribution in [2.24, 2.45) is 0 Å². The van der Waals surface area contributed by atoms with Gasteiger partial charge in [-0.05, 0) is 36.3 Å². The van der Waals surface area contributed by atoms with Crippen LogP contribution in [0.3, 0.4) is 0 Å². The molecule has 0 aliphatic carbocycles. The molecule has 6 nitrogen and oxygen atoms in total. The summed E-state index contributed by atoms with van der Waals surface area (Å²) in [6.07, 6.45) is 4.76. The second-order valence-corrected chi connectivity index (χ2v) is 4.65. The van der Waals surface area contributed by atoms with Crippen molar-refractivity contribution in [1.29, 1.82) is 0 Å². The van der Waals surface area contributed by atoms with Gasteiger partial charge in [0.25, 0.3) is 11.5 Å². The lowest BCUT2D eigenvalue weighted by Crippen LogP contribution is -2.27. The Hall–Kier alpha value is -2.89. The fourth-order valence-electron chi connectivity index (χ4n) is 1.97. The van der Waals surface area contributed by atoms with Gasteiger partial charge in [-0.2, -0.15) is 0 Å². The lowest BCUT2D eigenvalue weighted by Gasteiger charge is -2.04. The molecule has 0 atom stereocenters. The van der Waals surface area contributed by atoms with Crippen LogP contribution in [0.2, 0.25) is 0 Å². The summed E-state index contributed by atoms with van der Waals surface area (Å²) in [6.45, 7) is 1.95. The highest BCUT2D eigenvalue weighted by atomic mass is 16.5. The van der Waals surface area contributed by atoms with Gasteiger partial charge < -0.3 is 15.0 Å². The number of methoxy groups -OCH3 is 1. The highest BCUT2D eigenvalue weighted by molar-refractivity contribution is 5.93. The zero-order valence-electron chi connectivity index (χ0n) is 12.6. The number of aromatic nitrogens is 2. The Labute approximate surface area is 127 Å². The smallest absolute Gasteiger partial charge is 0.263 e. The first-order valence-electron chi connectivity index (χ1n) is 6.69. The first kappa shape index (κ1) is 15.5. The minimum absolute atomic E-state index is 0.0139. The number of carbonyl (C=O) groups excluding carboxylic acids is 1. The summed E-state index contributed by atoms with van der Waals surface area (Å²) in [4.78, 5) is 29.8. The largest absolute Gasteiger partial charge is 0.496 e. The van der Waals surface area contributed by atoms with E-state index in [9.17, 15) is 9.59 Å². The number of aryl methyl sites for hydroxylation is 1. The molecule has 0 aliphatic heterocycles. The molecule has 0 saturated carbocycles. The average Bonchev–Trinajstić information content (AvgIpc) is 2.52. The topological polar surface area (TPSA) is 84.1 Å². The number of carbonyl (C=O) groups is 1. The maximum absolute atomic E-state index is 11.8. The number of benzene rings is 1. The molecule has 0 bridgehead atoms. The van der Waals surface area contributed by atoms with Crippen LogP contribution in [0.25, 0.3) is 12.2 Å². The van der Waals surface area contributed by atoms with Gasteiger partial charge in [0, 0.05) is 13.2 Å². The van der Waals surface area contributed by atoms with E-state index in [1.165, 1.54) is 13.2 Å². The highest BCUT2D eigenvalue weighted by Gasteiger charge is 2.08. The van der Waals surface area contributed by atoms with Crippen LogP contribution in [-0.2, 0) is 0 Å². The van der Waals surface area contributed by atoms with E-state index in [2.05, 4.69) is 15.3 Å². The van der Waals surface area contributed by atoms with Crippen LogP contribution in [0.4, 0.5) is 0 Å². The first-order valence-corrected chi connectivity index (χ1v) is 6.69. The van der Waals surface area contributed by atoms with Crippen LogP contribution in [0, 0.1) is 6.92 Å². The third kappa shape index (κ3) is 3.41. The van der Waals surface area contributed by atoms with Crippen LogP contribution in [-0.4, -0.2) is 30.0 Å². The fraction of sp³-hybridized carbons (Fsp3) is 0.188. The van der Waals surface area contributed by atoms with E-state index in [0.29, 0.717) is 5.82 Å². The summed E-state index contributed by atoms with van der Waals surface area (Å²) in [5.41, 5.74) is 1.48. The molecule has 1 aromatic carbocycles. The summed E-state index contributed by atoms with van der Waals surface area (Å²) in [6, 6.07) is 5.74. The van der Waals surface area contributed by atoms with Crippen molar-refractivity contribution >= 4 is 18.1 Å². The second kappa shape index (κ2) is 6.71. The number of hydrogen-bond acceptors (Lipinski definition) is 4. The van der Waals surface area contributed by atoms with Crippen molar-refractivity contribution in [1.82, 2.24) is 15.3 Å². The summed E-state index contributed by atoms with van der Waals surface area (Å²) >= 11 is 0. The van der Waals surface area contributed by atoms with Gasteiger partial charge in [0.05, 0.1) is 7.11 Å². The zero-order chi connectivity index (χ0) is 16.1. The minimum atomic E-state index is -0.472. The summed E-state index contributed by atoms with van der Waals surface area (Å²) in [5, 5.41) is 2.39. The first-order chi connectivity index (χ1) is 10.5. The van der Waals surface area contributed by atoms with E-state index >= 15 is 0 Å². The van der Waals surface area contributed by atoms with Crippen molar-refractivity contribution in [3.8, 4) is 5.75 Å². The van der Waals surface area contributed by atoms with E-state index in [-0.39, 0.29) is 5.56 Å². The second-order valence-electron chi connectivity index (χ2n) is 4.65. The standard InChI is InChI=1S/C16H17N3O3/c1-10-8-11(4-6-13(10)22-3)5-7-14-18-9-12(15(20)17-2)16(21)19-14/h4-9H,1-3H3,(H,17,20)(H,18,19,21)/b7-5-. The molecule has 0 fully saturated rings. The number of ether oxygens (including phenoxy) is 1. The number of H-pyrrole nitrogens is 1. The van der Waals surface area contributed by atoms with Crippen LogP contribution in [0.5, 0.6) is 5.75 Å². The van der Waals surface area contributed by atoms with Crippen LogP contribution >= 0.6 is 0 Å². The molecule has 1 heterocycles. The normalized spacial score (nSPS) is 10.7. The molecule has 0 aliphatic rings. The Bertz CT molecular complexity index is 778. The molecule has 2 N–H and O–H groups in total. The Kier molecular flexibility index (Phi) is 4.73. The summed E-state index contributed by atoms with van der Waals surface area (Å²) in [7, 11) is 3.09. The maximum Gasteiger partial charge on any atom is 0.263 e. The summed E-state index contributed by atoms with van der Waals surface area (Å²) in [5.74, 6) is 0.736. The number of aromatic amines is 1. The van der Waals surface area contributed by atoms with Crippen molar-refractivity contribution in [2.45, 2.75) is 6.92 Å². The van der Waals surface area contributed by atoms with Gasteiger partial charge in [0.15, 0.2) is 0 Å². The van der Waals surface area contributed by atoms with E-state index in [0.717, 1.165) is 16.9 Å². The van der Waals surface area contributed by atoms with Crippen molar-refractivity contribution in [2.75, 3.05) is 14.2 Å². The Balaban J connectivity index is 2.23. The van der Waals surface area contributed by atoms with Crippen LogP contribution in [0.15, 0.2) is 29.2 Å².